The van der Waals surface area contributed by atoms with E-state index in [1.54, 1.807) is 0 Å². The van der Waals surface area contributed by atoms with Crippen LogP contribution in [0.3, 0.4) is 0 Å². The first-order valence-electron chi connectivity index (χ1n) is 5.91. The van der Waals surface area contributed by atoms with Crippen LogP contribution in [0.25, 0.3) is 0 Å². The number of carbonyl (C=O) groups is 1. The fraction of sp³-hybridized carbons (Fsp3) is 0.417. The van der Waals surface area contributed by atoms with Gasteiger partial charge in [-0.1, -0.05) is 0 Å². The van der Waals surface area contributed by atoms with Gasteiger partial charge in [-0.15, -0.1) is 0 Å². The summed E-state index contributed by atoms with van der Waals surface area (Å²) >= 11 is 1.87. The summed E-state index contributed by atoms with van der Waals surface area (Å²) in [6.45, 7) is 0.647. The Hall–Kier alpha value is -1.76. The molecule has 1 fully saturated rings. The predicted molar refractivity (Wildman–Crippen MR) is 74.0 cm³/mol. The largest absolute Gasteiger partial charge is 0.478 e. The Morgan fingerprint density at radius 2 is 2.37 bits per heavy atom. The van der Waals surface area contributed by atoms with Gasteiger partial charge in [-0.25, -0.2) is 4.79 Å². The molecule has 0 bridgehead atoms. The van der Waals surface area contributed by atoms with E-state index in [9.17, 15) is 14.9 Å². The summed E-state index contributed by atoms with van der Waals surface area (Å²) in [5, 5.41) is 22.8. The zero-order valence-corrected chi connectivity index (χ0v) is 11.0. The maximum Gasteiger partial charge on any atom is 0.337 e. The van der Waals surface area contributed by atoms with Crippen molar-refractivity contribution in [2.75, 3.05) is 23.4 Å². The molecule has 102 valence electrons. The minimum absolute atomic E-state index is 0.0660. The normalized spacial score (nSPS) is 18.2. The monoisotopic (exact) mass is 282 g/mol. The van der Waals surface area contributed by atoms with Crippen LogP contribution in [-0.4, -0.2) is 34.0 Å². The fourth-order valence-electron chi connectivity index (χ4n) is 1.98. The van der Waals surface area contributed by atoms with Gasteiger partial charge in [0, 0.05) is 18.7 Å². The van der Waals surface area contributed by atoms with Crippen molar-refractivity contribution in [2.45, 2.75) is 6.42 Å². The molecule has 6 nitrogen and oxygen atoms in total. The molecule has 1 saturated heterocycles. The summed E-state index contributed by atoms with van der Waals surface area (Å²) in [5.74, 6) is 1.57. The number of nitro groups is 1. The third kappa shape index (κ3) is 3.37. The molecule has 1 aromatic rings. The number of nitrogens with zero attached hydrogens (tertiary/aromatic N) is 1. The Labute approximate surface area is 114 Å². The number of benzene rings is 1. The average molecular weight is 282 g/mol. The van der Waals surface area contributed by atoms with E-state index < -0.39 is 10.9 Å². The second kappa shape index (κ2) is 5.92. The lowest BCUT2D eigenvalue weighted by Crippen LogP contribution is -2.15. The second-order valence-corrected chi connectivity index (χ2v) is 5.55. The minimum Gasteiger partial charge on any atom is -0.478 e. The lowest BCUT2D eigenvalue weighted by atomic mass is 10.1. The molecule has 1 aromatic carbocycles. The van der Waals surface area contributed by atoms with E-state index >= 15 is 0 Å². The summed E-state index contributed by atoms with van der Waals surface area (Å²) in [6, 6.07) is 3.76. The van der Waals surface area contributed by atoms with Crippen LogP contribution in [0, 0.1) is 16.0 Å². The van der Waals surface area contributed by atoms with Crippen LogP contribution >= 0.6 is 11.8 Å². The molecule has 0 radical (unpaired) electrons. The highest BCUT2D eigenvalue weighted by atomic mass is 32.2. The molecule has 0 spiro atoms. The van der Waals surface area contributed by atoms with Crippen molar-refractivity contribution in [1.82, 2.24) is 0 Å². The number of rotatable bonds is 5. The first-order chi connectivity index (χ1) is 9.08. The molecule has 1 heterocycles. The zero-order valence-electron chi connectivity index (χ0n) is 10.2. The van der Waals surface area contributed by atoms with Crippen molar-refractivity contribution in [3.63, 3.8) is 0 Å². The fourth-order valence-corrected chi connectivity index (χ4v) is 3.26. The number of non-ortho nitro benzene ring substituents is 1. The Morgan fingerprint density at radius 1 is 1.58 bits per heavy atom. The minimum atomic E-state index is -1.09. The Balaban J connectivity index is 2.16. The summed E-state index contributed by atoms with van der Waals surface area (Å²) in [5.41, 5.74) is 0.281. The molecular weight excluding hydrogens is 268 g/mol. The average Bonchev–Trinajstić information content (AvgIpc) is 2.88. The molecule has 0 saturated carbocycles. The second-order valence-electron chi connectivity index (χ2n) is 4.40. The molecule has 1 atom stereocenters. The molecule has 0 aromatic heterocycles. The van der Waals surface area contributed by atoms with Gasteiger partial charge in [0.2, 0.25) is 0 Å². The molecule has 0 aliphatic carbocycles. The lowest BCUT2D eigenvalue weighted by Gasteiger charge is -2.13. The Bertz CT molecular complexity index is 501. The van der Waals surface area contributed by atoms with Gasteiger partial charge >= 0.3 is 5.97 Å². The topological polar surface area (TPSA) is 92.5 Å². The molecule has 2 rings (SSSR count). The van der Waals surface area contributed by atoms with Crippen LogP contribution in [0.4, 0.5) is 11.4 Å². The van der Waals surface area contributed by atoms with E-state index in [4.69, 9.17) is 5.11 Å². The van der Waals surface area contributed by atoms with Crippen LogP contribution < -0.4 is 5.32 Å². The molecule has 1 aliphatic heterocycles. The summed E-state index contributed by atoms with van der Waals surface area (Å²) < 4.78 is 0. The molecule has 7 heteroatoms. The van der Waals surface area contributed by atoms with Crippen molar-refractivity contribution in [3.8, 4) is 0 Å². The van der Waals surface area contributed by atoms with Crippen LogP contribution in [0.5, 0.6) is 0 Å². The van der Waals surface area contributed by atoms with Crippen molar-refractivity contribution < 1.29 is 14.8 Å². The maximum absolute atomic E-state index is 11.1. The molecule has 1 unspecified atom stereocenters. The number of nitrogens with one attached hydrogen (secondary N) is 1. The third-order valence-corrected chi connectivity index (χ3v) is 4.28. The van der Waals surface area contributed by atoms with Crippen LogP contribution in [-0.2, 0) is 0 Å². The highest BCUT2D eigenvalue weighted by Gasteiger charge is 2.18. The molecular formula is C12H14N2O4S. The highest BCUT2D eigenvalue weighted by Crippen LogP contribution is 2.26. The van der Waals surface area contributed by atoms with E-state index in [-0.39, 0.29) is 11.3 Å². The predicted octanol–water partition coefficient (Wildman–Crippen LogP) is 2.46. The van der Waals surface area contributed by atoms with Gasteiger partial charge in [-0.05, 0) is 29.9 Å². The number of carboxylic acid groups (broad SMARTS) is 1. The zero-order chi connectivity index (χ0) is 13.8. The van der Waals surface area contributed by atoms with E-state index in [0.717, 1.165) is 17.9 Å². The first kappa shape index (κ1) is 13.7. The molecule has 0 amide bonds. The number of carboxylic acids is 1. The highest BCUT2D eigenvalue weighted by molar-refractivity contribution is 7.99. The summed E-state index contributed by atoms with van der Waals surface area (Å²) in [4.78, 5) is 21.3. The van der Waals surface area contributed by atoms with Gasteiger partial charge in [0.1, 0.15) is 0 Å². The first-order valence-corrected chi connectivity index (χ1v) is 7.06. The van der Waals surface area contributed by atoms with Gasteiger partial charge < -0.3 is 10.4 Å². The van der Waals surface area contributed by atoms with Gasteiger partial charge in [0.15, 0.2) is 0 Å². The van der Waals surface area contributed by atoms with E-state index in [1.807, 2.05) is 11.8 Å². The quantitative estimate of drug-likeness (QED) is 0.636. The van der Waals surface area contributed by atoms with Gasteiger partial charge in [-0.2, -0.15) is 11.8 Å². The molecule has 2 N–H and O–H groups in total. The van der Waals surface area contributed by atoms with E-state index in [2.05, 4.69) is 5.32 Å². The Kier molecular flexibility index (Phi) is 4.26. The van der Waals surface area contributed by atoms with Crippen molar-refractivity contribution in [1.29, 1.82) is 0 Å². The van der Waals surface area contributed by atoms with Crippen LogP contribution in [0.1, 0.15) is 16.8 Å². The number of nitro benzene ring substituents is 1. The van der Waals surface area contributed by atoms with Gasteiger partial charge in [-0.3, -0.25) is 10.1 Å². The third-order valence-electron chi connectivity index (χ3n) is 3.05. The molecule has 19 heavy (non-hydrogen) atoms. The SMILES string of the molecule is O=C(O)c1ccc([N+](=O)[O-])cc1NCC1CCSC1. The number of hydrogen-bond donors (Lipinski definition) is 2. The number of aromatic carboxylic acids is 1. The van der Waals surface area contributed by atoms with E-state index in [1.165, 1.54) is 18.2 Å². The lowest BCUT2D eigenvalue weighted by molar-refractivity contribution is -0.384. The Morgan fingerprint density at radius 3 is 2.95 bits per heavy atom. The summed E-state index contributed by atoms with van der Waals surface area (Å²) in [6.07, 6.45) is 1.09. The number of thioether (sulfide) groups is 1. The van der Waals surface area contributed by atoms with Crippen LogP contribution in [0.2, 0.25) is 0 Å². The maximum atomic E-state index is 11.1. The van der Waals surface area contributed by atoms with Crippen LogP contribution in [0.15, 0.2) is 18.2 Å². The number of hydrogen-bond acceptors (Lipinski definition) is 5. The van der Waals surface area contributed by atoms with Crippen molar-refractivity contribution in [2.24, 2.45) is 5.92 Å². The van der Waals surface area contributed by atoms with Gasteiger partial charge in [0.05, 0.1) is 16.2 Å². The van der Waals surface area contributed by atoms with E-state index in [0.29, 0.717) is 18.2 Å². The van der Waals surface area contributed by atoms with Crippen molar-refractivity contribution in [3.05, 3.63) is 33.9 Å². The summed E-state index contributed by atoms with van der Waals surface area (Å²) in [7, 11) is 0. The van der Waals surface area contributed by atoms with Gasteiger partial charge in [0.25, 0.3) is 5.69 Å². The van der Waals surface area contributed by atoms with Crippen molar-refractivity contribution >= 4 is 29.1 Å². The smallest absolute Gasteiger partial charge is 0.337 e. The number of anilines is 1. The standard InChI is InChI=1S/C12H14N2O4S/c15-12(16)10-2-1-9(14(17)18)5-11(10)13-6-8-3-4-19-7-8/h1-2,5,8,13H,3-4,6-7H2,(H,15,16). The molecule has 1 aliphatic rings.